The van der Waals surface area contributed by atoms with Crippen molar-refractivity contribution in [2.45, 2.75) is 19.9 Å². The molecule has 5 nitrogen and oxygen atoms in total. The first-order valence-electron chi connectivity index (χ1n) is 7.94. The Balaban J connectivity index is 0.00000208. The Labute approximate surface area is 160 Å². The SMILES string of the molecule is CCNC(=NCc1ccc(OC)nc1)N1CCc2ccccc21.I. The van der Waals surface area contributed by atoms with E-state index in [4.69, 9.17) is 9.73 Å². The number of guanidine groups is 1. The first-order chi connectivity index (χ1) is 11.3. The van der Waals surface area contributed by atoms with E-state index in [1.54, 1.807) is 7.11 Å². The molecule has 2 heterocycles. The predicted octanol–water partition coefficient (Wildman–Crippen LogP) is 3.24. The molecule has 0 saturated heterocycles. The molecule has 6 heteroatoms. The molecule has 3 rings (SSSR count). The molecule has 1 aliphatic rings. The standard InChI is InChI=1S/C18H22N4O.HI/c1-3-19-18(21-13-14-8-9-17(23-2)20-12-14)22-11-10-15-6-4-5-7-16(15)22;/h4-9,12H,3,10-11,13H2,1-2H3,(H,19,21);1H. The topological polar surface area (TPSA) is 49.8 Å². The number of pyridine rings is 1. The van der Waals surface area contributed by atoms with Crippen LogP contribution >= 0.6 is 24.0 Å². The van der Waals surface area contributed by atoms with Gasteiger partial charge in [-0.3, -0.25) is 0 Å². The number of benzene rings is 1. The molecular weight excluding hydrogens is 415 g/mol. The number of aromatic nitrogens is 1. The van der Waals surface area contributed by atoms with Gasteiger partial charge in [-0.2, -0.15) is 0 Å². The maximum absolute atomic E-state index is 5.09. The summed E-state index contributed by atoms with van der Waals surface area (Å²) in [5.74, 6) is 1.55. The number of anilines is 1. The molecule has 0 aliphatic carbocycles. The van der Waals surface area contributed by atoms with Gasteiger partial charge < -0.3 is 15.0 Å². The van der Waals surface area contributed by atoms with Crippen LogP contribution in [0.1, 0.15) is 18.1 Å². The number of ether oxygens (including phenoxy) is 1. The minimum absolute atomic E-state index is 0. The molecule has 0 bridgehead atoms. The van der Waals surface area contributed by atoms with Gasteiger partial charge >= 0.3 is 0 Å². The van der Waals surface area contributed by atoms with Crippen LogP contribution in [0.3, 0.4) is 0 Å². The first-order valence-corrected chi connectivity index (χ1v) is 7.94. The number of methoxy groups -OCH3 is 1. The molecule has 0 amide bonds. The number of aliphatic imine (C=N–C) groups is 1. The molecule has 0 fully saturated rings. The number of fused-ring (bicyclic) bond motifs is 1. The third-order valence-electron chi connectivity index (χ3n) is 3.90. The molecular formula is C18H23IN4O. The number of nitrogens with one attached hydrogen (secondary N) is 1. The lowest BCUT2D eigenvalue weighted by molar-refractivity contribution is 0.397. The fraction of sp³-hybridized carbons (Fsp3) is 0.333. The van der Waals surface area contributed by atoms with Gasteiger partial charge in [-0.25, -0.2) is 9.98 Å². The quantitative estimate of drug-likeness (QED) is 0.453. The lowest BCUT2D eigenvalue weighted by Crippen LogP contribution is -2.40. The van der Waals surface area contributed by atoms with E-state index in [9.17, 15) is 0 Å². The van der Waals surface area contributed by atoms with Crippen molar-refractivity contribution in [2.24, 2.45) is 4.99 Å². The Morgan fingerprint density at radius 3 is 2.83 bits per heavy atom. The lowest BCUT2D eigenvalue weighted by Gasteiger charge is -2.22. The molecule has 0 spiro atoms. The molecule has 1 aromatic heterocycles. The van der Waals surface area contributed by atoms with E-state index in [1.165, 1.54) is 11.3 Å². The van der Waals surface area contributed by atoms with Gasteiger partial charge in [0.05, 0.1) is 13.7 Å². The minimum Gasteiger partial charge on any atom is -0.481 e. The highest BCUT2D eigenvalue weighted by molar-refractivity contribution is 14.0. The summed E-state index contributed by atoms with van der Waals surface area (Å²) in [5, 5.41) is 3.39. The van der Waals surface area contributed by atoms with Crippen molar-refractivity contribution in [3.63, 3.8) is 0 Å². The molecule has 2 aromatic rings. The van der Waals surface area contributed by atoms with E-state index >= 15 is 0 Å². The molecule has 128 valence electrons. The summed E-state index contributed by atoms with van der Waals surface area (Å²) in [6.07, 6.45) is 2.87. The number of nitrogens with zero attached hydrogens (tertiary/aromatic N) is 3. The van der Waals surface area contributed by atoms with Crippen LogP contribution in [0.2, 0.25) is 0 Å². The third-order valence-corrected chi connectivity index (χ3v) is 3.90. The average Bonchev–Trinajstić information content (AvgIpc) is 3.03. The lowest BCUT2D eigenvalue weighted by atomic mass is 10.2. The zero-order valence-electron chi connectivity index (χ0n) is 14.0. The van der Waals surface area contributed by atoms with Crippen LogP contribution in [0.15, 0.2) is 47.6 Å². The van der Waals surface area contributed by atoms with Crippen LogP contribution in [0, 0.1) is 0 Å². The van der Waals surface area contributed by atoms with Gasteiger partial charge in [0.25, 0.3) is 0 Å². The van der Waals surface area contributed by atoms with Crippen LogP contribution in [0.25, 0.3) is 0 Å². The predicted molar refractivity (Wildman–Crippen MR) is 109 cm³/mol. The fourth-order valence-electron chi connectivity index (χ4n) is 2.74. The molecule has 0 atom stereocenters. The maximum atomic E-state index is 5.09. The molecule has 24 heavy (non-hydrogen) atoms. The maximum Gasteiger partial charge on any atom is 0.212 e. The molecule has 0 unspecified atom stereocenters. The fourth-order valence-corrected chi connectivity index (χ4v) is 2.74. The van der Waals surface area contributed by atoms with Gasteiger partial charge in [-0.1, -0.05) is 24.3 Å². The van der Waals surface area contributed by atoms with Crippen LogP contribution in [-0.4, -0.2) is 31.1 Å². The molecule has 1 aliphatic heterocycles. The largest absolute Gasteiger partial charge is 0.481 e. The second-order valence-electron chi connectivity index (χ2n) is 5.41. The monoisotopic (exact) mass is 438 g/mol. The van der Waals surface area contributed by atoms with E-state index in [0.717, 1.165) is 31.0 Å². The summed E-state index contributed by atoms with van der Waals surface area (Å²) >= 11 is 0. The Kier molecular flexibility index (Phi) is 6.84. The van der Waals surface area contributed by atoms with Crippen LogP contribution in [0.4, 0.5) is 5.69 Å². The number of hydrogen-bond donors (Lipinski definition) is 1. The van der Waals surface area contributed by atoms with Gasteiger partial charge in [0.1, 0.15) is 0 Å². The molecule has 0 radical (unpaired) electrons. The van der Waals surface area contributed by atoms with Crippen LogP contribution in [0.5, 0.6) is 5.88 Å². The van der Waals surface area contributed by atoms with E-state index in [1.807, 2.05) is 18.3 Å². The van der Waals surface area contributed by atoms with Crippen molar-refractivity contribution in [3.05, 3.63) is 53.7 Å². The highest BCUT2D eigenvalue weighted by Gasteiger charge is 2.22. The Morgan fingerprint density at radius 1 is 1.29 bits per heavy atom. The Hall–Kier alpha value is -1.83. The summed E-state index contributed by atoms with van der Waals surface area (Å²) in [6.45, 7) is 4.49. The zero-order valence-corrected chi connectivity index (χ0v) is 16.4. The van der Waals surface area contributed by atoms with Gasteiger partial charge in [0, 0.05) is 31.0 Å². The average molecular weight is 438 g/mol. The van der Waals surface area contributed by atoms with E-state index < -0.39 is 0 Å². The Bertz CT molecular complexity index is 688. The van der Waals surface area contributed by atoms with E-state index in [2.05, 4.69) is 46.4 Å². The van der Waals surface area contributed by atoms with Gasteiger partial charge in [-0.15, -0.1) is 24.0 Å². The van der Waals surface area contributed by atoms with Gasteiger partial charge in [0.15, 0.2) is 5.96 Å². The minimum atomic E-state index is 0. The van der Waals surface area contributed by atoms with Crippen molar-refractivity contribution in [1.29, 1.82) is 0 Å². The van der Waals surface area contributed by atoms with Crippen molar-refractivity contribution in [3.8, 4) is 5.88 Å². The van der Waals surface area contributed by atoms with Gasteiger partial charge in [-0.05, 0) is 30.5 Å². The number of rotatable bonds is 4. The third kappa shape index (κ3) is 4.17. The summed E-state index contributed by atoms with van der Waals surface area (Å²) in [4.78, 5) is 11.3. The summed E-state index contributed by atoms with van der Waals surface area (Å²) in [7, 11) is 1.62. The van der Waals surface area contributed by atoms with E-state index in [-0.39, 0.29) is 24.0 Å². The second kappa shape index (κ2) is 8.86. The number of para-hydroxylation sites is 1. The smallest absolute Gasteiger partial charge is 0.212 e. The summed E-state index contributed by atoms with van der Waals surface area (Å²) < 4.78 is 5.09. The number of hydrogen-bond acceptors (Lipinski definition) is 3. The van der Waals surface area contributed by atoms with Crippen molar-refractivity contribution >= 4 is 35.6 Å². The first kappa shape index (κ1) is 18.5. The summed E-state index contributed by atoms with van der Waals surface area (Å²) in [6, 6.07) is 12.4. The molecule has 1 aromatic carbocycles. The summed E-state index contributed by atoms with van der Waals surface area (Å²) in [5.41, 5.74) is 3.69. The normalized spacial score (nSPS) is 13.2. The van der Waals surface area contributed by atoms with Gasteiger partial charge in [0.2, 0.25) is 5.88 Å². The number of halogens is 1. The van der Waals surface area contributed by atoms with Crippen molar-refractivity contribution in [2.75, 3.05) is 25.1 Å². The molecule has 0 saturated carbocycles. The van der Waals surface area contributed by atoms with Crippen molar-refractivity contribution in [1.82, 2.24) is 10.3 Å². The van der Waals surface area contributed by atoms with Crippen molar-refractivity contribution < 1.29 is 4.74 Å². The zero-order chi connectivity index (χ0) is 16.1. The highest BCUT2D eigenvalue weighted by Crippen LogP contribution is 2.27. The van der Waals surface area contributed by atoms with Crippen LogP contribution < -0.4 is 15.0 Å². The Morgan fingerprint density at radius 2 is 2.12 bits per heavy atom. The van der Waals surface area contributed by atoms with Crippen LogP contribution in [-0.2, 0) is 13.0 Å². The second-order valence-corrected chi connectivity index (χ2v) is 5.41. The molecule has 1 N–H and O–H groups in total. The van der Waals surface area contributed by atoms with E-state index in [0.29, 0.717) is 12.4 Å². The highest BCUT2D eigenvalue weighted by atomic mass is 127.